The van der Waals surface area contributed by atoms with Crippen molar-refractivity contribution in [1.82, 2.24) is 0 Å². The number of ether oxygens (including phenoxy) is 1. The zero-order valence-electron chi connectivity index (χ0n) is 12.9. The smallest absolute Gasteiger partial charge is 0.255 e. The minimum atomic E-state index is -0.226. The number of nitrogens with two attached hydrogens (primary N) is 1. The van der Waals surface area contributed by atoms with E-state index < -0.39 is 0 Å². The maximum absolute atomic E-state index is 12.4. The van der Waals surface area contributed by atoms with Gasteiger partial charge in [-0.1, -0.05) is 33.6 Å². The molecule has 0 radical (unpaired) electrons. The molecule has 5 nitrogen and oxygen atoms in total. The summed E-state index contributed by atoms with van der Waals surface area (Å²) in [5.41, 5.74) is 8.62. The van der Waals surface area contributed by atoms with E-state index in [-0.39, 0.29) is 5.91 Å². The van der Waals surface area contributed by atoms with Gasteiger partial charge in [0.1, 0.15) is 0 Å². The molecule has 126 valence electrons. The summed E-state index contributed by atoms with van der Waals surface area (Å²) < 4.78 is 6.21. The summed E-state index contributed by atoms with van der Waals surface area (Å²) in [4.78, 5) is 14.6. The van der Waals surface area contributed by atoms with Crippen molar-refractivity contribution < 1.29 is 9.53 Å². The largest absolute Gasteiger partial charge is 0.397 e. The number of morpholine rings is 1. The highest BCUT2D eigenvalue weighted by Gasteiger charge is 2.17. The van der Waals surface area contributed by atoms with Crippen LogP contribution >= 0.6 is 27.5 Å². The van der Waals surface area contributed by atoms with Crippen molar-refractivity contribution in [1.29, 1.82) is 0 Å². The molecular weight excluding hydrogens is 394 g/mol. The van der Waals surface area contributed by atoms with Crippen LogP contribution in [0.25, 0.3) is 0 Å². The number of nitrogens with zero attached hydrogens (tertiary/aromatic N) is 1. The Labute approximate surface area is 153 Å². The number of rotatable bonds is 3. The molecule has 0 aromatic heterocycles. The molecule has 1 fully saturated rings. The molecule has 1 heterocycles. The zero-order chi connectivity index (χ0) is 17.1. The van der Waals surface area contributed by atoms with Crippen LogP contribution in [-0.4, -0.2) is 32.2 Å². The Bertz CT molecular complexity index is 763. The molecule has 0 bridgehead atoms. The number of hydrogen-bond acceptors (Lipinski definition) is 4. The Morgan fingerprint density at radius 1 is 1.25 bits per heavy atom. The molecule has 2 aromatic rings. The van der Waals surface area contributed by atoms with Crippen molar-refractivity contribution in [2.45, 2.75) is 0 Å². The number of benzene rings is 2. The molecule has 1 aliphatic rings. The molecule has 24 heavy (non-hydrogen) atoms. The molecule has 2 aromatic carbocycles. The van der Waals surface area contributed by atoms with E-state index in [1.807, 2.05) is 18.2 Å². The maximum Gasteiger partial charge on any atom is 0.255 e. The van der Waals surface area contributed by atoms with Crippen molar-refractivity contribution in [2.24, 2.45) is 0 Å². The third-order valence-electron chi connectivity index (χ3n) is 3.80. The lowest BCUT2D eigenvalue weighted by molar-refractivity contribution is 0.102. The minimum absolute atomic E-state index is 0.226. The number of anilines is 3. The fourth-order valence-electron chi connectivity index (χ4n) is 2.58. The fourth-order valence-corrected chi connectivity index (χ4v) is 3.19. The fraction of sp³-hybridized carbons (Fsp3) is 0.235. The summed E-state index contributed by atoms with van der Waals surface area (Å²) in [7, 11) is 0. The first-order valence-corrected chi connectivity index (χ1v) is 8.70. The van der Waals surface area contributed by atoms with Gasteiger partial charge in [0.05, 0.1) is 35.3 Å². The first kappa shape index (κ1) is 17.1. The number of nitrogen functional groups attached to an aromatic ring is 1. The highest BCUT2D eigenvalue weighted by atomic mass is 79.9. The third kappa shape index (κ3) is 3.83. The summed E-state index contributed by atoms with van der Waals surface area (Å²) in [5.74, 6) is -0.226. The molecular formula is C17H17BrClN3O2. The second-order valence-electron chi connectivity index (χ2n) is 5.45. The number of carbonyl (C=O) groups excluding carboxylic acids is 1. The summed E-state index contributed by atoms with van der Waals surface area (Å²) in [6.45, 7) is 2.82. The van der Waals surface area contributed by atoms with Gasteiger partial charge < -0.3 is 20.7 Å². The minimum Gasteiger partial charge on any atom is -0.397 e. The highest BCUT2D eigenvalue weighted by Crippen LogP contribution is 2.34. The SMILES string of the molecule is Nc1cc(Cl)c(NC(=O)c2cccc(Br)c2)cc1N1CCOCC1. The molecule has 1 saturated heterocycles. The number of carbonyl (C=O) groups is 1. The quantitative estimate of drug-likeness (QED) is 0.756. The molecule has 0 saturated carbocycles. The molecule has 3 N–H and O–H groups in total. The Morgan fingerprint density at radius 3 is 2.71 bits per heavy atom. The molecule has 0 spiro atoms. The van der Waals surface area contributed by atoms with Gasteiger partial charge in [0.15, 0.2) is 0 Å². The van der Waals surface area contributed by atoms with Crippen LogP contribution in [0.3, 0.4) is 0 Å². The Balaban J connectivity index is 1.86. The van der Waals surface area contributed by atoms with Crippen LogP contribution in [0, 0.1) is 0 Å². The van der Waals surface area contributed by atoms with E-state index in [1.165, 1.54) is 0 Å². The van der Waals surface area contributed by atoms with E-state index >= 15 is 0 Å². The average molecular weight is 411 g/mol. The lowest BCUT2D eigenvalue weighted by Gasteiger charge is -2.30. The summed E-state index contributed by atoms with van der Waals surface area (Å²) in [5, 5.41) is 3.27. The maximum atomic E-state index is 12.4. The number of hydrogen-bond donors (Lipinski definition) is 2. The van der Waals surface area contributed by atoms with E-state index in [9.17, 15) is 4.79 Å². The molecule has 1 aliphatic heterocycles. The number of nitrogens with one attached hydrogen (secondary N) is 1. The van der Waals surface area contributed by atoms with Crippen LogP contribution in [0.1, 0.15) is 10.4 Å². The third-order valence-corrected chi connectivity index (χ3v) is 4.61. The second-order valence-corrected chi connectivity index (χ2v) is 6.78. The molecule has 0 unspecified atom stereocenters. The zero-order valence-corrected chi connectivity index (χ0v) is 15.2. The topological polar surface area (TPSA) is 67.6 Å². The van der Waals surface area contributed by atoms with Crippen molar-refractivity contribution >= 4 is 50.5 Å². The standard InChI is InChI=1S/C17H17BrClN3O2/c18-12-3-1-2-11(8-12)17(23)21-15-10-16(14(20)9-13(15)19)22-4-6-24-7-5-22/h1-3,8-10H,4-7,20H2,(H,21,23). The van der Waals surface area contributed by atoms with Gasteiger partial charge in [-0.05, 0) is 30.3 Å². The molecule has 0 atom stereocenters. The van der Waals surface area contributed by atoms with E-state index in [1.54, 1.807) is 18.2 Å². The summed E-state index contributed by atoms with van der Waals surface area (Å²) >= 11 is 9.62. The van der Waals surface area contributed by atoms with E-state index in [2.05, 4.69) is 26.1 Å². The van der Waals surface area contributed by atoms with Gasteiger partial charge in [-0.3, -0.25) is 4.79 Å². The number of halogens is 2. The van der Waals surface area contributed by atoms with Gasteiger partial charge in [0.25, 0.3) is 5.91 Å². The van der Waals surface area contributed by atoms with Crippen molar-refractivity contribution in [3.63, 3.8) is 0 Å². The van der Waals surface area contributed by atoms with Crippen molar-refractivity contribution in [2.75, 3.05) is 42.3 Å². The molecule has 7 heteroatoms. The predicted molar refractivity (Wildman–Crippen MR) is 101 cm³/mol. The first-order chi connectivity index (χ1) is 11.5. The highest BCUT2D eigenvalue weighted by molar-refractivity contribution is 9.10. The van der Waals surface area contributed by atoms with Gasteiger partial charge in [-0.25, -0.2) is 0 Å². The number of amides is 1. The molecule has 0 aliphatic carbocycles. The average Bonchev–Trinajstić information content (AvgIpc) is 2.58. The lowest BCUT2D eigenvalue weighted by Crippen LogP contribution is -2.36. The Kier molecular flexibility index (Phi) is 5.28. The van der Waals surface area contributed by atoms with Gasteiger partial charge in [0, 0.05) is 23.1 Å². The lowest BCUT2D eigenvalue weighted by atomic mass is 10.2. The second kappa shape index (κ2) is 7.42. The van der Waals surface area contributed by atoms with Gasteiger partial charge in [-0.15, -0.1) is 0 Å². The first-order valence-electron chi connectivity index (χ1n) is 7.53. The summed E-state index contributed by atoms with van der Waals surface area (Å²) in [6.07, 6.45) is 0. The van der Waals surface area contributed by atoms with Crippen molar-refractivity contribution in [3.05, 3.63) is 51.5 Å². The monoisotopic (exact) mass is 409 g/mol. The Hall–Kier alpha value is -1.76. The van der Waals surface area contributed by atoms with E-state index in [0.717, 1.165) is 23.2 Å². The van der Waals surface area contributed by atoms with Crippen LogP contribution < -0.4 is 16.0 Å². The van der Waals surface area contributed by atoms with E-state index in [0.29, 0.717) is 35.2 Å². The van der Waals surface area contributed by atoms with Crippen molar-refractivity contribution in [3.8, 4) is 0 Å². The normalized spacial score (nSPS) is 14.5. The van der Waals surface area contributed by atoms with Crippen LogP contribution in [0.15, 0.2) is 40.9 Å². The van der Waals surface area contributed by atoms with Gasteiger partial charge in [-0.2, -0.15) is 0 Å². The van der Waals surface area contributed by atoms with Crippen LogP contribution in [-0.2, 0) is 4.74 Å². The van der Waals surface area contributed by atoms with Crippen LogP contribution in [0.2, 0.25) is 5.02 Å². The predicted octanol–water partition coefficient (Wildman–Crippen LogP) is 3.77. The summed E-state index contributed by atoms with van der Waals surface area (Å²) in [6, 6.07) is 10.7. The molecule has 1 amide bonds. The Morgan fingerprint density at radius 2 is 2.00 bits per heavy atom. The van der Waals surface area contributed by atoms with Gasteiger partial charge in [0.2, 0.25) is 0 Å². The van der Waals surface area contributed by atoms with Crippen LogP contribution in [0.4, 0.5) is 17.1 Å². The van der Waals surface area contributed by atoms with E-state index in [4.69, 9.17) is 22.1 Å². The van der Waals surface area contributed by atoms with Gasteiger partial charge >= 0.3 is 0 Å². The van der Waals surface area contributed by atoms with Crippen LogP contribution in [0.5, 0.6) is 0 Å². The molecule has 3 rings (SSSR count).